The first-order chi connectivity index (χ1) is 15.9. The van der Waals surface area contributed by atoms with Crippen LogP contribution in [0.25, 0.3) is 0 Å². The molecule has 0 aliphatic carbocycles. The van der Waals surface area contributed by atoms with E-state index < -0.39 is 11.6 Å². The second-order valence-corrected chi connectivity index (χ2v) is 8.26. The van der Waals surface area contributed by atoms with Crippen LogP contribution in [0.5, 0.6) is 0 Å². The number of likely N-dealkylation sites (tertiary alicyclic amines) is 1. The number of hydrogen-bond acceptors (Lipinski definition) is 5. The van der Waals surface area contributed by atoms with Gasteiger partial charge in [0, 0.05) is 43.1 Å². The summed E-state index contributed by atoms with van der Waals surface area (Å²) in [7, 11) is 0. The van der Waals surface area contributed by atoms with E-state index >= 15 is 0 Å². The van der Waals surface area contributed by atoms with Crippen molar-refractivity contribution in [1.82, 2.24) is 14.9 Å². The number of carbonyl (C=O) groups excluding carboxylic acids is 1. The molecule has 1 saturated heterocycles. The number of nitrogens with zero attached hydrogens (tertiary/aromatic N) is 5. The third kappa shape index (κ3) is 4.78. The van der Waals surface area contributed by atoms with E-state index in [1.54, 1.807) is 36.2 Å². The maximum Gasteiger partial charge on any atom is 0.274 e. The molecule has 0 radical (unpaired) electrons. The Kier molecular flexibility index (Phi) is 6.52. The highest BCUT2D eigenvalue weighted by Crippen LogP contribution is 2.30. The maximum absolute atomic E-state index is 14.5. The van der Waals surface area contributed by atoms with Crippen LogP contribution in [-0.4, -0.2) is 39.9 Å². The van der Waals surface area contributed by atoms with Gasteiger partial charge in [-0.3, -0.25) is 9.78 Å². The summed E-state index contributed by atoms with van der Waals surface area (Å²) in [6.45, 7) is 2.70. The van der Waals surface area contributed by atoms with Gasteiger partial charge in [-0.1, -0.05) is 23.7 Å². The van der Waals surface area contributed by atoms with Gasteiger partial charge in [-0.25, -0.2) is 13.8 Å². The minimum atomic E-state index is -0.925. The number of rotatable bonds is 5. The van der Waals surface area contributed by atoms with Crippen LogP contribution in [0.2, 0.25) is 5.02 Å². The molecule has 6 nitrogen and oxygen atoms in total. The van der Waals surface area contributed by atoms with Crippen molar-refractivity contribution >= 4 is 23.2 Å². The normalized spacial score (nSPS) is 15.4. The molecule has 2 aromatic carbocycles. The smallest absolute Gasteiger partial charge is 0.274 e. The predicted octanol–water partition coefficient (Wildman–Crippen LogP) is 4.51. The zero-order valence-electron chi connectivity index (χ0n) is 17.8. The predicted molar refractivity (Wildman–Crippen MR) is 120 cm³/mol. The quantitative estimate of drug-likeness (QED) is 0.552. The third-order valence-corrected chi connectivity index (χ3v) is 5.98. The maximum atomic E-state index is 14.5. The number of nitriles is 1. The van der Waals surface area contributed by atoms with Crippen molar-refractivity contribution in [2.45, 2.75) is 25.9 Å². The van der Waals surface area contributed by atoms with Crippen molar-refractivity contribution in [3.63, 3.8) is 0 Å². The summed E-state index contributed by atoms with van der Waals surface area (Å²) in [4.78, 5) is 24.8. The minimum Gasteiger partial charge on any atom is -0.362 e. The lowest BCUT2D eigenvalue weighted by Gasteiger charge is -2.32. The van der Waals surface area contributed by atoms with E-state index in [0.29, 0.717) is 36.5 Å². The molecule has 1 atom stereocenters. The number of aromatic nitrogens is 2. The molecule has 1 aliphatic heterocycles. The minimum absolute atomic E-state index is 0.0723. The number of benzene rings is 2. The monoisotopic (exact) mass is 467 g/mol. The Morgan fingerprint density at radius 1 is 1.27 bits per heavy atom. The van der Waals surface area contributed by atoms with Crippen LogP contribution in [0.15, 0.2) is 48.8 Å². The first-order valence-electron chi connectivity index (χ1n) is 10.3. The van der Waals surface area contributed by atoms with E-state index in [9.17, 15) is 18.8 Å². The number of carbonyl (C=O) groups is 1. The number of hydrogen-bond donors (Lipinski definition) is 0. The van der Waals surface area contributed by atoms with Crippen molar-refractivity contribution in [2.75, 3.05) is 18.0 Å². The Morgan fingerprint density at radius 2 is 2.09 bits per heavy atom. The Labute approximate surface area is 195 Å². The molecule has 0 saturated carbocycles. The highest BCUT2D eigenvalue weighted by Gasteiger charge is 2.32. The van der Waals surface area contributed by atoms with Crippen LogP contribution in [0.4, 0.5) is 14.5 Å². The summed E-state index contributed by atoms with van der Waals surface area (Å²) in [5.41, 5.74) is 2.12. The Hall–Kier alpha value is -3.57. The average Bonchev–Trinajstić information content (AvgIpc) is 3.30. The van der Waals surface area contributed by atoms with Gasteiger partial charge in [0.1, 0.15) is 11.8 Å². The molecule has 0 bridgehead atoms. The molecule has 0 N–H and O–H groups in total. The summed E-state index contributed by atoms with van der Waals surface area (Å²) in [5, 5.41) is 9.45. The summed E-state index contributed by atoms with van der Waals surface area (Å²) >= 11 is 6.25. The van der Waals surface area contributed by atoms with Crippen LogP contribution in [0, 0.1) is 29.9 Å². The largest absolute Gasteiger partial charge is 0.362 e. The zero-order valence-corrected chi connectivity index (χ0v) is 18.6. The van der Waals surface area contributed by atoms with Crippen molar-refractivity contribution in [2.24, 2.45) is 0 Å². The standard InChI is InChI=1S/C24H20ClF2N5O/c1-15-11-30-22(12-29-15)24(33)31-8-7-19(14-31)32(13-17-3-2-4-21(26)23(17)27)18-6-5-16(10-28)20(25)9-18/h2-6,9,11-12,19H,7-8,13-14H2,1H3/t19-/m0/s1. The molecule has 0 spiro atoms. The van der Waals surface area contributed by atoms with E-state index in [-0.39, 0.29) is 34.8 Å². The van der Waals surface area contributed by atoms with Gasteiger partial charge in [0.2, 0.25) is 0 Å². The van der Waals surface area contributed by atoms with Crippen molar-refractivity contribution < 1.29 is 13.6 Å². The molecular formula is C24H20ClF2N5O. The molecular weight excluding hydrogens is 448 g/mol. The second kappa shape index (κ2) is 9.51. The fourth-order valence-electron chi connectivity index (χ4n) is 3.90. The van der Waals surface area contributed by atoms with Gasteiger partial charge >= 0.3 is 0 Å². The van der Waals surface area contributed by atoms with Gasteiger partial charge in [-0.2, -0.15) is 5.26 Å². The van der Waals surface area contributed by atoms with E-state index in [1.165, 1.54) is 18.3 Å². The van der Waals surface area contributed by atoms with Gasteiger partial charge < -0.3 is 9.80 Å². The first kappa shape index (κ1) is 22.6. The van der Waals surface area contributed by atoms with E-state index in [0.717, 1.165) is 6.07 Å². The van der Waals surface area contributed by atoms with E-state index in [4.69, 9.17) is 11.6 Å². The van der Waals surface area contributed by atoms with E-state index in [2.05, 4.69) is 9.97 Å². The van der Waals surface area contributed by atoms with Crippen LogP contribution in [0.1, 0.15) is 33.7 Å². The molecule has 1 fully saturated rings. The summed E-state index contributed by atoms with van der Waals surface area (Å²) < 4.78 is 28.3. The number of anilines is 1. The lowest BCUT2D eigenvalue weighted by molar-refractivity contribution is 0.0784. The van der Waals surface area contributed by atoms with Gasteiger partial charge in [-0.15, -0.1) is 0 Å². The lowest BCUT2D eigenvalue weighted by atomic mass is 10.1. The zero-order chi connectivity index (χ0) is 23.5. The Morgan fingerprint density at radius 3 is 2.79 bits per heavy atom. The van der Waals surface area contributed by atoms with Gasteiger partial charge in [0.25, 0.3) is 5.91 Å². The topological polar surface area (TPSA) is 73.1 Å². The molecule has 33 heavy (non-hydrogen) atoms. The second-order valence-electron chi connectivity index (χ2n) is 7.85. The van der Waals surface area contributed by atoms with Crippen LogP contribution in [0.3, 0.4) is 0 Å². The fourth-order valence-corrected chi connectivity index (χ4v) is 4.12. The molecule has 168 valence electrons. The first-order valence-corrected chi connectivity index (χ1v) is 10.7. The number of amides is 1. The molecule has 0 unspecified atom stereocenters. The molecule has 3 aromatic rings. The average molecular weight is 468 g/mol. The lowest BCUT2D eigenvalue weighted by Crippen LogP contribution is -2.39. The molecule has 4 rings (SSSR count). The van der Waals surface area contributed by atoms with Crippen molar-refractivity contribution in [3.8, 4) is 6.07 Å². The summed E-state index contributed by atoms with van der Waals surface area (Å²) in [6, 6.07) is 10.8. The van der Waals surface area contributed by atoms with Crippen LogP contribution < -0.4 is 4.90 Å². The van der Waals surface area contributed by atoms with E-state index in [1.807, 2.05) is 11.0 Å². The molecule has 1 aromatic heterocycles. The Balaban J connectivity index is 1.62. The van der Waals surface area contributed by atoms with Gasteiger partial charge in [0.15, 0.2) is 11.6 Å². The van der Waals surface area contributed by atoms with Gasteiger partial charge in [-0.05, 0) is 37.6 Å². The molecule has 1 aliphatic rings. The van der Waals surface area contributed by atoms with Crippen LogP contribution >= 0.6 is 11.6 Å². The number of aryl methyl sites for hydroxylation is 1. The van der Waals surface area contributed by atoms with Gasteiger partial charge in [0.05, 0.1) is 22.5 Å². The SMILES string of the molecule is Cc1cnc(C(=O)N2CC[C@H](N(Cc3cccc(F)c3F)c3ccc(C#N)c(Cl)c3)C2)cn1. The highest BCUT2D eigenvalue weighted by molar-refractivity contribution is 6.32. The Bertz CT molecular complexity index is 1230. The van der Waals surface area contributed by atoms with Crippen LogP contribution in [-0.2, 0) is 6.54 Å². The molecule has 2 heterocycles. The fraction of sp³-hybridized carbons (Fsp3) is 0.250. The highest BCUT2D eigenvalue weighted by atomic mass is 35.5. The third-order valence-electron chi connectivity index (χ3n) is 5.67. The summed E-state index contributed by atoms with van der Waals surface area (Å²) in [5.74, 6) is -2.07. The molecule has 9 heteroatoms. The summed E-state index contributed by atoms with van der Waals surface area (Å²) in [6.07, 6.45) is 3.60. The van der Waals surface area contributed by atoms with Crippen molar-refractivity contribution in [1.29, 1.82) is 5.26 Å². The molecule has 1 amide bonds. The number of halogens is 3. The van der Waals surface area contributed by atoms with Crippen molar-refractivity contribution in [3.05, 3.63) is 88.0 Å².